The van der Waals surface area contributed by atoms with Crippen LogP contribution in [-0.4, -0.2) is 11.8 Å². The summed E-state index contributed by atoms with van der Waals surface area (Å²) in [5.41, 5.74) is 2.32. The molecule has 0 unspecified atom stereocenters. The zero-order valence-corrected chi connectivity index (χ0v) is 14.0. The molecule has 4 nitrogen and oxygen atoms in total. The van der Waals surface area contributed by atoms with Gasteiger partial charge in [-0.1, -0.05) is 38.1 Å². The first-order chi connectivity index (χ1) is 10.5. The van der Waals surface area contributed by atoms with E-state index in [1.54, 1.807) is 30.3 Å². The Morgan fingerprint density at radius 1 is 0.909 bits per heavy atom. The lowest BCUT2D eigenvalue weighted by Gasteiger charge is -2.09. The van der Waals surface area contributed by atoms with Gasteiger partial charge in [0.25, 0.3) is 0 Å². The van der Waals surface area contributed by atoms with Crippen LogP contribution >= 0.6 is 15.9 Å². The highest BCUT2D eigenvalue weighted by Crippen LogP contribution is 2.21. The molecule has 2 aromatic rings. The number of nitrogens with one attached hydrogen (secondary N) is 2. The van der Waals surface area contributed by atoms with Gasteiger partial charge in [-0.05, 0) is 51.7 Å². The van der Waals surface area contributed by atoms with Gasteiger partial charge in [0.1, 0.15) is 0 Å². The van der Waals surface area contributed by atoms with Crippen LogP contribution < -0.4 is 10.6 Å². The Kier molecular flexibility index (Phi) is 5.33. The largest absolute Gasteiger partial charge is 0.318 e. The number of para-hydroxylation sites is 1. The van der Waals surface area contributed by atoms with Crippen LogP contribution in [0.1, 0.15) is 25.3 Å². The molecule has 2 amide bonds. The Balaban J connectivity index is 1.99. The molecular formula is C17H17BrN2O2. The summed E-state index contributed by atoms with van der Waals surface area (Å²) in [5, 5.41) is 5.14. The molecule has 0 bridgehead atoms. The van der Waals surface area contributed by atoms with E-state index in [1.807, 2.05) is 18.2 Å². The highest BCUT2D eigenvalue weighted by atomic mass is 79.9. The maximum Gasteiger partial charge on any atom is 0.314 e. The standard InChI is InChI=1S/C17H17BrN2O2/c1-11(2)12-7-9-13(10-8-12)19-16(21)17(22)20-15-6-4-3-5-14(15)18/h3-11H,1-2H3,(H,19,21)(H,20,22). The average Bonchev–Trinajstić information content (AvgIpc) is 2.50. The first-order valence-electron chi connectivity index (χ1n) is 6.94. The van der Waals surface area contributed by atoms with Crippen molar-refractivity contribution >= 4 is 39.1 Å². The van der Waals surface area contributed by atoms with E-state index >= 15 is 0 Å². The summed E-state index contributed by atoms with van der Waals surface area (Å²) in [5.74, 6) is -0.989. The molecule has 0 fully saturated rings. The third-order valence-corrected chi connectivity index (χ3v) is 3.86. The van der Waals surface area contributed by atoms with Crippen molar-refractivity contribution in [3.8, 4) is 0 Å². The van der Waals surface area contributed by atoms with Gasteiger partial charge >= 0.3 is 11.8 Å². The van der Waals surface area contributed by atoms with Gasteiger partial charge in [0.15, 0.2) is 0 Å². The fourth-order valence-corrected chi connectivity index (χ4v) is 2.26. The molecule has 0 aromatic heterocycles. The van der Waals surface area contributed by atoms with Crippen LogP contribution in [0.3, 0.4) is 0 Å². The van der Waals surface area contributed by atoms with Gasteiger partial charge in [-0.15, -0.1) is 0 Å². The van der Waals surface area contributed by atoms with E-state index in [0.717, 1.165) is 4.47 Å². The van der Waals surface area contributed by atoms with Gasteiger partial charge in [-0.2, -0.15) is 0 Å². The second-order valence-electron chi connectivity index (χ2n) is 5.16. The van der Waals surface area contributed by atoms with Crippen LogP contribution in [0.25, 0.3) is 0 Å². The summed E-state index contributed by atoms with van der Waals surface area (Å²) < 4.78 is 0.720. The minimum absolute atomic E-state index is 0.420. The van der Waals surface area contributed by atoms with E-state index in [-0.39, 0.29) is 0 Å². The average molecular weight is 361 g/mol. The van der Waals surface area contributed by atoms with E-state index in [4.69, 9.17) is 0 Å². The van der Waals surface area contributed by atoms with Crippen LogP contribution in [0.2, 0.25) is 0 Å². The molecule has 0 saturated carbocycles. The number of anilines is 2. The number of hydrogen-bond donors (Lipinski definition) is 2. The zero-order chi connectivity index (χ0) is 16.1. The molecule has 0 aliphatic carbocycles. The highest BCUT2D eigenvalue weighted by Gasteiger charge is 2.15. The third kappa shape index (κ3) is 4.18. The molecule has 0 aliphatic heterocycles. The van der Waals surface area contributed by atoms with Gasteiger partial charge < -0.3 is 10.6 Å². The molecule has 5 heteroatoms. The second-order valence-corrected chi connectivity index (χ2v) is 6.02. The Bertz CT molecular complexity index is 681. The quantitative estimate of drug-likeness (QED) is 0.807. The van der Waals surface area contributed by atoms with Crippen molar-refractivity contribution in [3.05, 3.63) is 58.6 Å². The molecule has 0 saturated heterocycles. The van der Waals surface area contributed by atoms with Crippen LogP contribution in [0.15, 0.2) is 53.0 Å². The van der Waals surface area contributed by atoms with E-state index in [0.29, 0.717) is 17.3 Å². The molecule has 0 spiro atoms. The predicted molar refractivity (Wildman–Crippen MR) is 91.9 cm³/mol. The fraction of sp³-hybridized carbons (Fsp3) is 0.176. The summed E-state index contributed by atoms with van der Waals surface area (Å²) in [6.07, 6.45) is 0. The molecule has 0 heterocycles. The molecule has 2 rings (SSSR count). The summed E-state index contributed by atoms with van der Waals surface area (Å²) in [4.78, 5) is 23.8. The van der Waals surface area contributed by atoms with Crippen molar-refractivity contribution in [1.82, 2.24) is 0 Å². The molecular weight excluding hydrogens is 344 g/mol. The lowest BCUT2D eigenvalue weighted by atomic mass is 10.0. The van der Waals surface area contributed by atoms with Crippen molar-refractivity contribution in [1.29, 1.82) is 0 Å². The number of carbonyl (C=O) groups excluding carboxylic acids is 2. The van der Waals surface area contributed by atoms with Crippen molar-refractivity contribution < 1.29 is 9.59 Å². The lowest BCUT2D eigenvalue weighted by molar-refractivity contribution is -0.133. The zero-order valence-electron chi connectivity index (χ0n) is 12.4. The molecule has 2 N–H and O–H groups in total. The monoisotopic (exact) mass is 360 g/mol. The molecule has 0 atom stereocenters. The van der Waals surface area contributed by atoms with Crippen molar-refractivity contribution in [3.63, 3.8) is 0 Å². The minimum atomic E-state index is -0.708. The first-order valence-corrected chi connectivity index (χ1v) is 7.73. The van der Waals surface area contributed by atoms with Gasteiger partial charge in [0.2, 0.25) is 0 Å². The molecule has 0 aliphatic rings. The van der Waals surface area contributed by atoms with E-state index in [9.17, 15) is 9.59 Å². The number of amides is 2. The van der Waals surface area contributed by atoms with Crippen molar-refractivity contribution in [2.75, 3.05) is 10.6 Å². The van der Waals surface area contributed by atoms with Gasteiger partial charge in [0.05, 0.1) is 5.69 Å². The lowest BCUT2D eigenvalue weighted by Crippen LogP contribution is -2.29. The number of halogens is 1. The Hall–Kier alpha value is -2.14. The number of carbonyl (C=O) groups is 2. The van der Waals surface area contributed by atoms with Gasteiger partial charge in [-0.3, -0.25) is 9.59 Å². The first kappa shape index (κ1) is 16.2. The maximum atomic E-state index is 11.9. The molecule has 114 valence electrons. The maximum absolute atomic E-state index is 11.9. The Morgan fingerprint density at radius 2 is 1.50 bits per heavy atom. The van der Waals surface area contributed by atoms with Crippen LogP contribution in [-0.2, 0) is 9.59 Å². The van der Waals surface area contributed by atoms with Crippen LogP contribution in [0.4, 0.5) is 11.4 Å². The summed E-state index contributed by atoms with van der Waals surface area (Å²) in [6, 6.07) is 14.6. The highest BCUT2D eigenvalue weighted by molar-refractivity contribution is 9.10. The van der Waals surface area contributed by atoms with Gasteiger partial charge in [0, 0.05) is 10.2 Å². The summed E-state index contributed by atoms with van der Waals surface area (Å²) in [6.45, 7) is 4.19. The summed E-state index contributed by atoms with van der Waals surface area (Å²) >= 11 is 3.32. The van der Waals surface area contributed by atoms with Crippen molar-refractivity contribution in [2.45, 2.75) is 19.8 Å². The number of benzene rings is 2. The topological polar surface area (TPSA) is 58.2 Å². The van der Waals surface area contributed by atoms with Crippen LogP contribution in [0.5, 0.6) is 0 Å². The fourth-order valence-electron chi connectivity index (χ4n) is 1.88. The smallest absolute Gasteiger partial charge is 0.314 e. The Labute approximate surface area is 138 Å². The van der Waals surface area contributed by atoms with E-state index in [2.05, 4.69) is 40.4 Å². The summed E-state index contributed by atoms with van der Waals surface area (Å²) in [7, 11) is 0. The van der Waals surface area contributed by atoms with E-state index < -0.39 is 11.8 Å². The number of rotatable bonds is 3. The predicted octanol–water partition coefficient (Wildman–Crippen LogP) is 4.15. The van der Waals surface area contributed by atoms with Crippen LogP contribution in [0, 0.1) is 0 Å². The number of hydrogen-bond acceptors (Lipinski definition) is 2. The third-order valence-electron chi connectivity index (χ3n) is 3.16. The molecule has 22 heavy (non-hydrogen) atoms. The SMILES string of the molecule is CC(C)c1ccc(NC(=O)C(=O)Nc2ccccc2Br)cc1. The van der Waals surface area contributed by atoms with Crippen molar-refractivity contribution in [2.24, 2.45) is 0 Å². The molecule has 0 radical (unpaired) electrons. The minimum Gasteiger partial charge on any atom is -0.318 e. The van der Waals surface area contributed by atoms with E-state index in [1.165, 1.54) is 5.56 Å². The Morgan fingerprint density at radius 3 is 2.09 bits per heavy atom. The van der Waals surface area contributed by atoms with Gasteiger partial charge in [-0.25, -0.2) is 0 Å². The molecule has 2 aromatic carbocycles. The second kappa shape index (κ2) is 7.22. The normalized spacial score (nSPS) is 10.4.